The molecule has 4 heteroatoms. The molecule has 3 nitrogen and oxygen atoms in total. The van der Waals surface area contributed by atoms with Crippen molar-refractivity contribution in [1.82, 2.24) is 15.0 Å². The predicted molar refractivity (Wildman–Crippen MR) is 265 cm³/mol. The van der Waals surface area contributed by atoms with Crippen LogP contribution in [0.5, 0.6) is 0 Å². The van der Waals surface area contributed by atoms with Gasteiger partial charge in [-0.05, 0) is 114 Å². The van der Waals surface area contributed by atoms with Crippen LogP contribution in [0.25, 0.3) is 101 Å². The smallest absolute Gasteiger partial charge is 0.160 e. The second-order valence-electron chi connectivity index (χ2n) is 17.2. The van der Waals surface area contributed by atoms with Gasteiger partial charge in [0.05, 0.1) is 11.4 Å². The highest BCUT2D eigenvalue weighted by Gasteiger charge is 2.37. The number of aromatic nitrogens is 3. The second-order valence-corrected chi connectivity index (χ2v) is 18.2. The van der Waals surface area contributed by atoms with Crippen LogP contribution in [0, 0.1) is 0 Å². The van der Waals surface area contributed by atoms with Gasteiger partial charge in [-0.3, -0.25) is 4.98 Å². The van der Waals surface area contributed by atoms with Gasteiger partial charge in [-0.2, -0.15) is 0 Å². The van der Waals surface area contributed by atoms with Crippen molar-refractivity contribution >= 4 is 11.8 Å². The van der Waals surface area contributed by atoms with Crippen molar-refractivity contribution in [3.63, 3.8) is 0 Å². The molecular formula is C60H41N3S. The molecule has 12 rings (SSSR count). The normalized spacial score (nSPS) is 12.9. The fraction of sp³-hybridized carbons (Fsp3) is 0.0500. The fourth-order valence-electron chi connectivity index (χ4n) is 9.81. The van der Waals surface area contributed by atoms with E-state index in [0.717, 1.165) is 44.8 Å². The van der Waals surface area contributed by atoms with Crippen LogP contribution < -0.4 is 0 Å². The molecule has 64 heavy (non-hydrogen) atoms. The lowest BCUT2D eigenvalue weighted by Gasteiger charge is -2.24. The second kappa shape index (κ2) is 15.3. The first-order valence-electron chi connectivity index (χ1n) is 21.8. The summed E-state index contributed by atoms with van der Waals surface area (Å²) >= 11 is 1.87. The third-order valence-electron chi connectivity index (χ3n) is 13.1. The molecule has 1 aliphatic heterocycles. The minimum Gasteiger partial charge on any atom is -0.264 e. The topological polar surface area (TPSA) is 38.7 Å². The zero-order valence-corrected chi connectivity index (χ0v) is 36.3. The van der Waals surface area contributed by atoms with Crippen LogP contribution in [-0.2, 0) is 5.41 Å². The summed E-state index contributed by atoms with van der Waals surface area (Å²) in [5.41, 5.74) is 21.7. The van der Waals surface area contributed by atoms with E-state index in [9.17, 15) is 0 Å². The molecule has 0 unspecified atom stereocenters. The zero-order valence-electron chi connectivity index (χ0n) is 35.5. The van der Waals surface area contributed by atoms with Crippen molar-refractivity contribution in [2.24, 2.45) is 0 Å². The summed E-state index contributed by atoms with van der Waals surface area (Å²) in [4.78, 5) is 17.4. The van der Waals surface area contributed by atoms with E-state index in [1.165, 1.54) is 71.0 Å². The summed E-state index contributed by atoms with van der Waals surface area (Å²) < 4.78 is 0. The van der Waals surface area contributed by atoms with Crippen LogP contribution in [0.15, 0.2) is 222 Å². The largest absolute Gasteiger partial charge is 0.264 e. The van der Waals surface area contributed by atoms with E-state index in [-0.39, 0.29) is 5.41 Å². The van der Waals surface area contributed by atoms with Gasteiger partial charge in [0.15, 0.2) is 5.82 Å². The first-order valence-corrected chi connectivity index (χ1v) is 22.6. The Morgan fingerprint density at radius 1 is 0.344 bits per heavy atom. The van der Waals surface area contributed by atoms with E-state index >= 15 is 0 Å². The molecule has 8 aromatic carbocycles. The molecule has 0 spiro atoms. The number of hydrogen-bond donors (Lipinski definition) is 0. The summed E-state index contributed by atoms with van der Waals surface area (Å²) in [5, 5.41) is 0. The van der Waals surface area contributed by atoms with Crippen molar-refractivity contribution in [2.75, 3.05) is 0 Å². The quantitative estimate of drug-likeness (QED) is 0.177. The molecule has 0 amide bonds. The SMILES string of the molecule is CC1(C)c2ccccc2-c2cc3c(cc21)Sc1ccccc1-c1ccccc1-c1ccccc1-c1ccc(-c2cc(-c4ccccc4)nc(-c4ccc(-c5cccnc5)cc4)n2)cc1-3. The third kappa shape index (κ3) is 6.41. The van der Waals surface area contributed by atoms with Crippen LogP contribution in [0.3, 0.4) is 0 Å². The summed E-state index contributed by atoms with van der Waals surface area (Å²) in [7, 11) is 0. The van der Waals surface area contributed by atoms with Crippen molar-refractivity contribution in [3.05, 3.63) is 224 Å². The highest BCUT2D eigenvalue weighted by molar-refractivity contribution is 7.99. The molecule has 1 aliphatic carbocycles. The maximum absolute atomic E-state index is 5.38. The fourth-order valence-corrected chi connectivity index (χ4v) is 10.9. The van der Waals surface area contributed by atoms with Gasteiger partial charge in [0.1, 0.15) is 0 Å². The van der Waals surface area contributed by atoms with Crippen LogP contribution in [0.4, 0.5) is 0 Å². The molecule has 10 aromatic rings. The maximum atomic E-state index is 5.38. The van der Waals surface area contributed by atoms with Gasteiger partial charge in [-0.15, -0.1) is 0 Å². The van der Waals surface area contributed by atoms with Crippen LogP contribution in [-0.4, -0.2) is 15.0 Å². The molecule has 0 bridgehead atoms. The molecule has 2 aliphatic rings. The average molecular weight is 836 g/mol. The van der Waals surface area contributed by atoms with Crippen molar-refractivity contribution in [2.45, 2.75) is 29.1 Å². The summed E-state index contributed by atoms with van der Waals surface area (Å²) in [5.74, 6) is 0.678. The molecule has 0 N–H and O–H groups in total. The van der Waals surface area contributed by atoms with Gasteiger partial charge < -0.3 is 0 Å². The van der Waals surface area contributed by atoms with Gasteiger partial charge in [0.2, 0.25) is 0 Å². The van der Waals surface area contributed by atoms with E-state index in [2.05, 4.69) is 207 Å². The molecule has 302 valence electrons. The highest BCUT2D eigenvalue weighted by Crippen LogP contribution is 2.55. The predicted octanol–water partition coefficient (Wildman–Crippen LogP) is 16.0. The lowest BCUT2D eigenvalue weighted by Crippen LogP contribution is -2.15. The lowest BCUT2D eigenvalue weighted by molar-refractivity contribution is 0.659. The minimum absolute atomic E-state index is 0.154. The Morgan fingerprint density at radius 2 is 0.906 bits per heavy atom. The Morgan fingerprint density at radius 3 is 1.61 bits per heavy atom. The van der Waals surface area contributed by atoms with Crippen LogP contribution in [0.2, 0.25) is 0 Å². The van der Waals surface area contributed by atoms with Gasteiger partial charge >= 0.3 is 0 Å². The number of hydrogen-bond acceptors (Lipinski definition) is 4. The van der Waals surface area contributed by atoms with Gasteiger partial charge in [-0.1, -0.05) is 189 Å². The summed E-state index contributed by atoms with van der Waals surface area (Å²) in [6.45, 7) is 4.74. The third-order valence-corrected chi connectivity index (χ3v) is 14.2. The number of fused-ring (bicyclic) bond motifs is 12. The maximum Gasteiger partial charge on any atom is 0.160 e. The first kappa shape index (κ1) is 38.0. The summed E-state index contributed by atoms with van der Waals surface area (Å²) in [6.07, 6.45) is 3.70. The lowest BCUT2D eigenvalue weighted by atomic mass is 9.81. The Balaban J connectivity index is 1.13. The Labute approximate surface area is 378 Å². The number of benzene rings is 8. The van der Waals surface area contributed by atoms with Crippen LogP contribution in [0.1, 0.15) is 25.0 Å². The number of nitrogens with zero attached hydrogens (tertiary/aromatic N) is 3. The molecule has 3 heterocycles. The van der Waals surface area contributed by atoms with Gasteiger partial charge in [0.25, 0.3) is 0 Å². The standard InChI is InChI=1S/C60H41N3S/c1-60(2)53-24-12-10-22-48(53)51-34-52-50-33-41(56-36-55(39-15-4-3-5-16-39)62-59(63-56)40-28-26-38(27-29-40)42-17-14-32-61-37-42)30-31-47(50)45-20-7-6-18-43(45)44-19-8-9-21-46(44)49-23-11-13-25-57(49)64-58(52)35-54(51)60/h3-37H,1-2H3. The summed E-state index contributed by atoms with van der Waals surface area (Å²) in [6, 6.07) is 72.7. The van der Waals surface area contributed by atoms with E-state index < -0.39 is 0 Å². The monoisotopic (exact) mass is 835 g/mol. The highest BCUT2D eigenvalue weighted by atomic mass is 32.2. The molecule has 2 aromatic heterocycles. The Bertz CT molecular complexity index is 3430. The van der Waals surface area contributed by atoms with Gasteiger partial charge in [-0.25, -0.2) is 9.97 Å². The number of pyridine rings is 1. The molecule has 0 radical (unpaired) electrons. The molecule has 0 atom stereocenters. The minimum atomic E-state index is -0.154. The average Bonchev–Trinajstić information content (AvgIpc) is 3.58. The van der Waals surface area contributed by atoms with Crippen LogP contribution >= 0.6 is 11.8 Å². The van der Waals surface area contributed by atoms with Crippen molar-refractivity contribution in [1.29, 1.82) is 0 Å². The molecule has 0 saturated carbocycles. The molecule has 0 saturated heterocycles. The molecule has 0 fully saturated rings. The first-order chi connectivity index (χ1) is 31.5. The van der Waals surface area contributed by atoms with Gasteiger partial charge in [0, 0.05) is 44.3 Å². The zero-order chi connectivity index (χ0) is 42.8. The Hall–Kier alpha value is -7.66. The van der Waals surface area contributed by atoms with E-state index in [1.54, 1.807) is 6.20 Å². The number of rotatable bonds is 4. The van der Waals surface area contributed by atoms with E-state index in [0.29, 0.717) is 5.82 Å². The van der Waals surface area contributed by atoms with Crippen molar-refractivity contribution in [3.8, 4) is 101 Å². The molecular weight excluding hydrogens is 795 g/mol. The van der Waals surface area contributed by atoms with E-state index in [4.69, 9.17) is 9.97 Å². The Kier molecular flexibility index (Phi) is 9.10. The van der Waals surface area contributed by atoms with E-state index in [1.807, 2.05) is 30.1 Å². The van der Waals surface area contributed by atoms with Crippen molar-refractivity contribution < 1.29 is 0 Å².